The van der Waals surface area contributed by atoms with Gasteiger partial charge in [-0.05, 0) is 32.0 Å². The lowest BCUT2D eigenvalue weighted by atomic mass is 10.1. The maximum Gasteiger partial charge on any atom is 0.250 e. The van der Waals surface area contributed by atoms with Gasteiger partial charge in [-0.15, -0.1) is 0 Å². The van der Waals surface area contributed by atoms with Crippen LogP contribution in [0, 0.1) is 0 Å². The van der Waals surface area contributed by atoms with E-state index >= 15 is 0 Å². The summed E-state index contributed by atoms with van der Waals surface area (Å²) in [5, 5.41) is 3.38. The average Bonchev–Trinajstić information content (AvgIpc) is 2.31. The highest BCUT2D eigenvalue weighted by Crippen LogP contribution is 2.29. The Balaban J connectivity index is 2.43. The second-order valence-corrected chi connectivity index (χ2v) is 5.03. The molecule has 6 heteroatoms. The predicted molar refractivity (Wildman–Crippen MR) is 71.0 cm³/mol. The number of benzene rings is 1. The molecule has 1 aliphatic rings. The van der Waals surface area contributed by atoms with Crippen LogP contribution < -0.4 is 10.2 Å². The van der Waals surface area contributed by atoms with Crippen molar-refractivity contribution in [1.82, 2.24) is 5.32 Å². The van der Waals surface area contributed by atoms with Crippen LogP contribution in [0.5, 0.6) is 0 Å². The first-order chi connectivity index (χ1) is 8.41. The van der Waals surface area contributed by atoms with Crippen molar-refractivity contribution in [3.8, 4) is 0 Å². The lowest BCUT2D eigenvalue weighted by Gasteiger charge is -2.36. The molecule has 0 spiro atoms. The third-order valence-electron chi connectivity index (χ3n) is 2.91. The first kappa shape index (κ1) is 13.2. The number of hydrogen-bond acceptors (Lipinski definition) is 2. The third kappa shape index (κ3) is 2.18. The van der Waals surface area contributed by atoms with Gasteiger partial charge >= 0.3 is 0 Å². The maximum absolute atomic E-state index is 12.1. The third-order valence-corrected chi connectivity index (χ3v) is 3.65. The molecule has 0 aromatic heterocycles. The summed E-state index contributed by atoms with van der Waals surface area (Å²) in [7, 11) is 0. The second kappa shape index (κ2) is 4.78. The molecule has 2 rings (SSSR count). The summed E-state index contributed by atoms with van der Waals surface area (Å²) in [5.74, 6) is -0.353. The summed E-state index contributed by atoms with van der Waals surface area (Å²) in [6.45, 7) is 3.32. The largest absolute Gasteiger partial charge is 0.343 e. The fourth-order valence-corrected chi connectivity index (χ4v) is 2.19. The second-order valence-electron chi connectivity index (χ2n) is 4.21. The molecule has 1 aliphatic heterocycles. The lowest BCUT2D eigenvalue weighted by molar-refractivity contribution is -0.133. The van der Waals surface area contributed by atoms with Crippen molar-refractivity contribution >= 4 is 40.7 Å². The van der Waals surface area contributed by atoms with Crippen molar-refractivity contribution in [2.45, 2.75) is 25.9 Å². The van der Waals surface area contributed by atoms with Crippen molar-refractivity contribution in [2.75, 3.05) is 4.90 Å². The molecule has 18 heavy (non-hydrogen) atoms. The highest BCUT2D eigenvalue weighted by atomic mass is 35.5. The standard InChI is InChI=1S/C12H12Cl2N2O2/c1-6-12(18)16(7(2)11(17)15-6)8-3-4-9(13)10(14)5-8/h3-7H,1-2H3,(H,15,17). The van der Waals surface area contributed by atoms with Gasteiger partial charge in [-0.25, -0.2) is 0 Å². The van der Waals surface area contributed by atoms with Gasteiger partial charge in [-0.1, -0.05) is 23.2 Å². The number of piperazine rings is 1. The van der Waals surface area contributed by atoms with Gasteiger partial charge in [0.15, 0.2) is 0 Å². The molecule has 96 valence electrons. The number of nitrogens with zero attached hydrogens (tertiary/aromatic N) is 1. The van der Waals surface area contributed by atoms with Crippen molar-refractivity contribution in [3.63, 3.8) is 0 Å². The van der Waals surface area contributed by atoms with Crippen LogP contribution in [-0.2, 0) is 9.59 Å². The van der Waals surface area contributed by atoms with Gasteiger partial charge in [0.25, 0.3) is 0 Å². The number of halogens is 2. The average molecular weight is 287 g/mol. The summed E-state index contributed by atoms with van der Waals surface area (Å²) in [6, 6.07) is 3.77. The monoisotopic (exact) mass is 286 g/mol. The van der Waals surface area contributed by atoms with Crippen LogP contribution in [0.2, 0.25) is 10.0 Å². The Hall–Kier alpha value is -1.26. The van der Waals surface area contributed by atoms with Crippen LogP contribution in [0.25, 0.3) is 0 Å². The molecule has 1 saturated heterocycles. The Morgan fingerprint density at radius 3 is 2.44 bits per heavy atom. The van der Waals surface area contributed by atoms with Crippen molar-refractivity contribution in [2.24, 2.45) is 0 Å². The zero-order valence-corrected chi connectivity index (χ0v) is 11.4. The van der Waals surface area contributed by atoms with E-state index in [4.69, 9.17) is 23.2 Å². The van der Waals surface area contributed by atoms with Gasteiger partial charge in [0.05, 0.1) is 10.0 Å². The van der Waals surface area contributed by atoms with E-state index in [9.17, 15) is 9.59 Å². The molecule has 2 unspecified atom stereocenters. The minimum atomic E-state index is -0.564. The Morgan fingerprint density at radius 2 is 1.83 bits per heavy atom. The SMILES string of the molecule is CC1NC(=O)C(C)N(c2ccc(Cl)c(Cl)c2)C1=O. The Bertz CT molecular complexity index is 519. The maximum atomic E-state index is 12.1. The normalized spacial score (nSPS) is 24.1. The van der Waals surface area contributed by atoms with E-state index in [1.165, 1.54) is 4.90 Å². The van der Waals surface area contributed by atoms with E-state index in [1.54, 1.807) is 32.0 Å². The Labute approximate surface area is 115 Å². The summed E-state index contributed by atoms with van der Waals surface area (Å²) < 4.78 is 0. The minimum absolute atomic E-state index is 0.166. The van der Waals surface area contributed by atoms with Crippen LogP contribution in [0.15, 0.2) is 18.2 Å². The highest BCUT2D eigenvalue weighted by molar-refractivity contribution is 6.42. The predicted octanol–water partition coefficient (Wildman–Crippen LogP) is 2.23. The van der Waals surface area contributed by atoms with Gasteiger partial charge in [-0.3, -0.25) is 14.5 Å². The minimum Gasteiger partial charge on any atom is -0.343 e. The van der Waals surface area contributed by atoms with Crippen LogP contribution in [0.3, 0.4) is 0 Å². The van der Waals surface area contributed by atoms with Crippen LogP contribution in [0.1, 0.15) is 13.8 Å². The number of hydrogen-bond donors (Lipinski definition) is 1. The van der Waals surface area contributed by atoms with Crippen molar-refractivity contribution in [3.05, 3.63) is 28.2 Å². The quantitative estimate of drug-likeness (QED) is 0.861. The molecular formula is C12H12Cl2N2O2. The van der Waals surface area contributed by atoms with Gasteiger partial charge in [0.1, 0.15) is 12.1 Å². The fraction of sp³-hybridized carbons (Fsp3) is 0.333. The fourth-order valence-electron chi connectivity index (χ4n) is 1.90. The lowest BCUT2D eigenvalue weighted by Crippen LogP contribution is -2.61. The van der Waals surface area contributed by atoms with E-state index in [2.05, 4.69) is 5.32 Å². The van der Waals surface area contributed by atoms with E-state index in [0.29, 0.717) is 15.7 Å². The van der Waals surface area contributed by atoms with E-state index < -0.39 is 12.1 Å². The summed E-state index contributed by atoms with van der Waals surface area (Å²) in [6.07, 6.45) is 0. The van der Waals surface area contributed by atoms with E-state index in [1.807, 2.05) is 0 Å². The molecule has 0 radical (unpaired) electrons. The molecule has 2 atom stereocenters. The van der Waals surface area contributed by atoms with Gasteiger partial charge in [-0.2, -0.15) is 0 Å². The zero-order chi connectivity index (χ0) is 13.4. The molecule has 0 bridgehead atoms. The molecule has 0 aliphatic carbocycles. The Morgan fingerprint density at radius 1 is 1.17 bits per heavy atom. The highest BCUT2D eigenvalue weighted by Gasteiger charge is 2.36. The molecule has 4 nitrogen and oxygen atoms in total. The van der Waals surface area contributed by atoms with Gasteiger partial charge < -0.3 is 5.32 Å². The number of nitrogens with one attached hydrogen (secondary N) is 1. The van der Waals surface area contributed by atoms with Crippen LogP contribution in [-0.4, -0.2) is 23.9 Å². The number of carbonyl (C=O) groups is 2. The molecule has 1 fully saturated rings. The van der Waals surface area contributed by atoms with E-state index in [0.717, 1.165) is 0 Å². The molecule has 1 aromatic carbocycles. The van der Waals surface area contributed by atoms with Gasteiger partial charge in [0, 0.05) is 5.69 Å². The molecule has 1 aromatic rings. The van der Waals surface area contributed by atoms with Crippen molar-refractivity contribution < 1.29 is 9.59 Å². The Kier molecular flexibility index (Phi) is 3.50. The summed E-state index contributed by atoms with van der Waals surface area (Å²) in [4.78, 5) is 25.3. The molecule has 0 saturated carbocycles. The van der Waals surface area contributed by atoms with Gasteiger partial charge in [0.2, 0.25) is 11.8 Å². The van der Waals surface area contributed by atoms with E-state index in [-0.39, 0.29) is 11.8 Å². The van der Waals surface area contributed by atoms with Crippen LogP contribution in [0.4, 0.5) is 5.69 Å². The summed E-state index contributed by atoms with van der Waals surface area (Å²) >= 11 is 11.8. The number of rotatable bonds is 1. The van der Waals surface area contributed by atoms with Crippen LogP contribution >= 0.6 is 23.2 Å². The molecule has 2 amide bonds. The number of anilines is 1. The number of amides is 2. The molecule has 1 heterocycles. The van der Waals surface area contributed by atoms with Crippen molar-refractivity contribution in [1.29, 1.82) is 0 Å². The topological polar surface area (TPSA) is 49.4 Å². The smallest absolute Gasteiger partial charge is 0.250 e. The first-order valence-electron chi connectivity index (χ1n) is 5.50. The molecular weight excluding hydrogens is 275 g/mol. The zero-order valence-electron chi connectivity index (χ0n) is 9.91. The number of carbonyl (C=O) groups excluding carboxylic acids is 2. The molecule has 1 N–H and O–H groups in total. The summed E-state index contributed by atoms with van der Waals surface area (Å²) in [5.41, 5.74) is 0.573. The first-order valence-corrected chi connectivity index (χ1v) is 6.26.